The molecule has 1 atom stereocenters. The van der Waals surface area contributed by atoms with E-state index in [0.29, 0.717) is 11.3 Å². The van der Waals surface area contributed by atoms with Crippen molar-refractivity contribution in [1.82, 2.24) is 10.2 Å². The molecule has 0 radical (unpaired) electrons. The van der Waals surface area contributed by atoms with Crippen molar-refractivity contribution in [3.63, 3.8) is 0 Å². The molecule has 2 aromatic carbocycles. The van der Waals surface area contributed by atoms with Gasteiger partial charge in [0, 0.05) is 12.7 Å². The van der Waals surface area contributed by atoms with Gasteiger partial charge in [-0.15, -0.1) is 0 Å². The molecule has 26 heavy (non-hydrogen) atoms. The third-order valence-electron chi connectivity index (χ3n) is 4.71. The van der Waals surface area contributed by atoms with Crippen molar-refractivity contribution in [3.8, 4) is 0 Å². The number of anilines is 1. The summed E-state index contributed by atoms with van der Waals surface area (Å²) in [4.78, 5) is 40.2. The summed E-state index contributed by atoms with van der Waals surface area (Å²) < 4.78 is 0. The topological polar surface area (TPSA) is 69.7 Å². The van der Waals surface area contributed by atoms with E-state index in [2.05, 4.69) is 5.32 Å². The lowest BCUT2D eigenvalue weighted by molar-refractivity contribution is -0.134. The maximum Gasteiger partial charge on any atom is 0.325 e. The van der Waals surface area contributed by atoms with Gasteiger partial charge in [-0.05, 0) is 31.5 Å². The molecular formula is C20H21N3O3. The number of nitrogens with one attached hydrogen (secondary N) is 1. The van der Waals surface area contributed by atoms with E-state index in [1.54, 1.807) is 38.2 Å². The molecule has 2 aromatic rings. The zero-order chi connectivity index (χ0) is 18.9. The minimum Gasteiger partial charge on any atom is -0.319 e. The first-order valence-corrected chi connectivity index (χ1v) is 8.36. The molecule has 1 aliphatic heterocycles. The molecule has 0 bridgehead atoms. The Hall–Kier alpha value is -3.15. The van der Waals surface area contributed by atoms with Gasteiger partial charge in [-0.3, -0.25) is 14.5 Å². The number of carbonyl (C=O) groups excluding carboxylic acids is 3. The number of likely N-dealkylation sites (N-methyl/N-ethyl adjacent to an activating group) is 1. The van der Waals surface area contributed by atoms with Crippen LogP contribution in [-0.4, -0.2) is 36.3 Å². The van der Waals surface area contributed by atoms with Crippen LogP contribution >= 0.6 is 0 Å². The first-order chi connectivity index (χ1) is 12.3. The molecule has 4 amide bonds. The highest BCUT2D eigenvalue weighted by molar-refractivity contribution is 6.10. The lowest BCUT2D eigenvalue weighted by atomic mass is 9.92. The number of hydrogen-bond donors (Lipinski definition) is 1. The Morgan fingerprint density at radius 2 is 1.69 bits per heavy atom. The van der Waals surface area contributed by atoms with Crippen LogP contribution in [0.15, 0.2) is 54.6 Å². The molecule has 1 N–H and O–H groups in total. The first-order valence-electron chi connectivity index (χ1n) is 8.36. The molecule has 1 heterocycles. The first kappa shape index (κ1) is 17.7. The SMILES string of the molecule is Cc1ccc(N(C)C(=O)CN2C(=O)NC(C)(c3ccccc3)C2=O)cc1. The van der Waals surface area contributed by atoms with Gasteiger partial charge in [-0.2, -0.15) is 0 Å². The highest BCUT2D eigenvalue weighted by Crippen LogP contribution is 2.28. The lowest BCUT2D eigenvalue weighted by Gasteiger charge is -2.23. The fourth-order valence-electron chi connectivity index (χ4n) is 2.96. The van der Waals surface area contributed by atoms with Gasteiger partial charge in [0.05, 0.1) is 0 Å². The van der Waals surface area contributed by atoms with E-state index in [-0.39, 0.29) is 12.5 Å². The van der Waals surface area contributed by atoms with Crippen LogP contribution in [0.1, 0.15) is 18.1 Å². The fraction of sp³-hybridized carbons (Fsp3) is 0.250. The second-order valence-electron chi connectivity index (χ2n) is 6.60. The Balaban J connectivity index is 1.77. The van der Waals surface area contributed by atoms with Crippen molar-refractivity contribution in [2.75, 3.05) is 18.5 Å². The average Bonchev–Trinajstić information content (AvgIpc) is 2.86. The van der Waals surface area contributed by atoms with Gasteiger partial charge < -0.3 is 10.2 Å². The summed E-state index contributed by atoms with van der Waals surface area (Å²) in [6.45, 7) is 3.30. The van der Waals surface area contributed by atoms with Crippen LogP contribution in [0.4, 0.5) is 10.5 Å². The van der Waals surface area contributed by atoms with Crippen LogP contribution in [0.3, 0.4) is 0 Å². The molecule has 6 nitrogen and oxygen atoms in total. The van der Waals surface area contributed by atoms with E-state index in [4.69, 9.17) is 0 Å². The summed E-state index contributed by atoms with van der Waals surface area (Å²) in [6.07, 6.45) is 0. The van der Waals surface area contributed by atoms with Gasteiger partial charge in [0.15, 0.2) is 0 Å². The maximum absolute atomic E-state index is 12.8. The van der Waals surface area contributed by atoms with E-state index >= 15 is 0 Å². The molecule has 3 rings (SSSR count). The summed E-state index contributed by atoms with van der Waals surface area (Å²) in [6, 6.07) is 15.9. The Kier molecular flexibility index (Phi) is 4.50. The normalized spacial score (nSPS) is 19.4. The molecule has 0 aliphatic carbocycles. The third kappa shape index (κ3) is 3.06. The largest absolute Gasteiger partial charge is 0.325 e. The standard InChI is InChI=1S/C20H21N3O3/c1-14-9-11-16(12-10-14)22(3)17(24)13-23-18(25)20(2,21-19(23)26)15-7-5-4-6-8-15/h4-12H,13H2,1-3H3,(H,21,26). The molecule has 0 aromatic heterocycles. The van der Waals surface area contributed by atoms with Gasteiger partial charge in [-0.25, -0.2) is 4.79 Å². The van der Waals surface area contributed by atoms with Crippen LogP contribution in [0.2, 0.25) is 0 Å². The summed E-state index contributed by atoms with van der Waals surface area (Å²) in [7, 11) is 1.63. The Morgan fingerprint density at radius 1 is 1.08 bits per heavy atom. The number of aryl methyl sites for hydroxylation is 1. The van der Waals surface area contributed by atoms with Gasteiger partial charge in [0.25, 0.3) is 5.91 Å². The average molecular weight is 351 g/mol. The number of imide groups is 1. The van der Waals surface area contributed by atoms with Gasteiger partial charge >= 0.3 is 6.03 Å². The van der Waals surface area contributed by atoms with Crippen LogP contribution in [0.25, 0.3) is 0 Å². The summed E-state index contributed by atoms with van der Waals surface area (Å²) in [5, 5.41) is 2.70. The van der Waals surface area contributed by atoms with Crippen molar-refractivity contribution in [1.29, 1.82) is 0 Å². The van der Waals surface area contributed by atoms with Crippen molar-refractivity contribution in [2.45, 2.75) is 19.4 Å². The lowest BCUT2D eigenvalue weighted by Crippen LogP contribution is -2.43. The van der Waals surface area contributed by atoms with Crippen LogP contribution in [0.5, 0.6) is 0 Å². The van der Waals surface area contributed by atoms with Crippen LogP contribution in [0, 0.1) is 6.92 Å². The highest BCUT2D eigenvalue weighted by Gasteiger charge is 2.49. The zero-order valence-electron chi connectivity index (χ0n) is 15.0. The maximum atomic E-state index is 12.8. The van der Waals surface area contributed by atoms with E-state index in [0.717, 1.165) is 10.5 Å². The number of rotatable bonds is 4. The second-order valence-corrected chi connectivity index (χ2v) is 6.60. The molecule has 6 heteroatoms. The summed E-state index contributed by atoms with van der Waals surface area (Å²) in [5.74, 6) is -0.769. The zero-order valence-corrected chi connectivity index (χ0v) is 15.0. The molecule has 1 unspecified atom stereocenters. The quantitative estimate of drug-likeness (QED) is 0.860. The van der Waals surface area contributed by atoms with E-state index in [1.807, 2.05) is 37.3 Å². The summed E-state index contributed by atoms with van der Waals surface area (Å²) >= 11 is 0. The van der Waals surface area contributed by atoms with Crippen LogP contribution < -0.4 is 10.2 Å². The molecule has 0 saturated carbocycles. The van der Waals surface area contributed by atoms with E-state index < -0.39 is 17.5 Å². The number of urea groups is 1. The minimum absolute atomic E-state index is 0.308. The van der Waals surface area contributed by atoms with Crippen molar-refractivity contribution in [3.05, 3.63) is 65.7 Å². The number of carbonyl (C=O) groups is 3. The number of benzene rings is 2. The molecule has 1 aliphatic rings. The smallest absolute Gasteiger partial charge is 0.319 e. The number of hydrogen-bond acceptors (Lipinski definition) is 3. The predicted molar refractivity (Wildman–Crippen MR) is 98.6 cm³/mol. The molecule has 134 valence electrons. The van der Waals surface area contributed by atoms with Gasteiger partial charge in [0.1, 0.15) is 12.1 Å². The van der Waals surface area contributed by atoms with E-state index in [1.165, 1.54) is 4.90 Å². The third-order valence-corrected chi connectivity index (χ3v) is 4.71. The highest BCUT2D eigenvalue weighted by atomic mass is 16.2. The number of amides is 4. The molecular weight excluding hydrogens is 330 g/mol. The van der Waals surface area contributed by atoms with Crippen molar-refractivity contribution in [2.24, 2.45) is 0 Å². The second kappa shape index (κ2) is 6.63. The predicted octanol–water partition coefficient (Wildman–Crippen LogP) is 2.43. The van der Waals surface area contributed by atoms with Crippen LogP contribution in [-0.2, 0) is 15.1 Å². The Bertz CT molecular complexity index is 848. The van der Waals surface area contributed by atoms with Gasteiger partial charge in [0.2, 0.25) is 5.91 Å². The van der Waals surface area contributed by atoms with Gasteiger partial charge in [-0.1, -0.05) is 48.0 Å². The molecule has 1 saturated heterocycles. The fourth-order valence-corrected chi connectivity index (χ4v) is 2.96. The van der Waals surface area contributed by atoms with Crippen molar-refractivity contribution >= 4 is 23.5 Å². The number of nitrogens with zero attached hydrogens (tertiary/aromatic N) is 2. The Labute approximate surface area is 152 Å². The van der Waals surface area contributed by atoms with Crippen molar-refractivity contribution < 1.29 is 14.4 Å². The monoisotopic (exact) mass is 351 g/mol. The minimum atomic E-state index is -1.17. The molecule has 1 fully saturated rings. The molecule has 0 spiro atoms. The Morgan fingerprint density at radius 3 is 2.31 bits per heavy atom. The summed E-state index contributed by atoms with van der Waals surface area (Å²) in [5.41, 5.74) is 1.31. The van der Waals surface area contributed by atoms with E-state index in [9.17, 15) is 14.4 Å².